The summed E-state index contributed by atoms with van der Waals surface area (Å²) in [6.45, 7) is 1.57. The number of aromatic amines is 1. The molecule has 1 N–H and O–H groups in total. The summed E-state index contributed by atoms with van der Waals surface area (Å²) in [5, 5.41) is 3.76. The summed E-state index contributed by atoms with van der Waals surface area (Å²) in [5.74, 6) is -1.16. The lowest BCUT2D eigenvalue weighted by atomic mass is 10.3. The average molecular weight is 211 g/mol. The van der Waals surface area contributed by atoms with E-state index in [0.717, 1.165) is 16.8 Å². The Morgan fingerprint density at radius 3 is 2.67 bits per heavy atom. The first-order chi connectivity index (χ1) is 7.08. The van der Waals surface area contributed by atoms with Crippen LogP contribution in [0.1, 0.15) is 5.82 Å². The summed E-state index contributed by atoms with van der Waals surface area (Å²) in [6.07, 6.45) is 0. The van der Waals surface area contributed by atoms with Gasteiger partial charge in [-0.1, -0.05) is 0 Å². The Morgan fingerprint density at radius 1 is 1.40 bits per heavy atom. The number of nitrogens with zero attached hydrogens (tertiary/aromatic N) is 2. The molecule has 0 aliphatic rings. The minimum Gasteiger partial charge on any atom is -0.293 e. The fraction of sp³-hybridized carbons (Fsp3) is 0.111. The van der Waals surface area contributed by atoms with Crippen molar-refractivity contribution in [3.63, 3.8) is 0 Å². The van der Waals surface area contributed by atoms with E-state index in [1.807, 2.05) is 0 Å². The van der Waals surface area contributed by atoms with E-state index in [-0.39, 0.29) is 5.69 Å². The highest BCUT2D eigenvalue weighted by Crippen LogP contribution is 2.11. The quantitative estimate of drug-likeness (QED) is 0.769. The van der Waals surface area contributed by atoms with Crippen LogP contribution in [0.4, 0.5) is 8.78 Å². The van der Waals surface area contributed by atoms with Gasteiger partial charge in [-0.05, 0) is 19.1 Å². The third-order valence-electron chi connectivity index (χ3n) is 1.87. The van der Waals surface area contributed by atoms with Gasteiger partial charge >= 0.3 is 5.69 Å². The largest absolute Gasteiger partial charge is 0.348 e. The van der Waals surface area contributed by atoms with E-state index in [2.05, 4.69) is 10.1 Å². The van der Waals surface area contributed by atoms with E-state index in [1.54, 1.807) is 6.92 Å². The predicted molar refractivity (Wildman–Crippen MR) is 48.8 cm³/mol. The van der Waals surface area contributed by atoms with Crippen molar-refractivity contribution < 1.29 is 8.78 Å². The van der Waals surface area contributed by atoms with Crippen LogP contribution in [-0.2, 0) is 0 Å². The number of benzene rings is 1. The Kier molecular flexibility index (Phi) is 2.11. The molecule has 15 heavy (non-hydrogen) atoms. The van der Waals surface area contributed by atoms with E-state index >= 15 is 0 Å². The van der Waals surface area contributed by atoms with Crippen molar-refractivity contribution in [2.24, 2.45) is 0 Å². The molecule has 1 heterocycles. The van der Waals surface area contributed by atoms with Crippen molar-refractivity contribution in [1.29, 1.82) is 0 Å². The minimum absolute atomic E-state index is 0.0780. The molecule has 0 unspecified atom stereocenters. The van der Waals surface area contributed by atoms with Crippen molar-refractivity contribution in [2.45, 2.75) is 6.92 Å². The first kappa shape index (κ1) is 9.57. The van der Waals surface area contributed by atoms with E-state index < -0.39 is 17.3 Å². The summed E-state index contributed by atoms with van der Waals surface area (Å²) in [4.78, 5) is 13.6. The number of hydrogen-bond donors (Lipinski definition) is 1. The highest BCUT2D eigenvalue weighted by Gasteiger charge is 2.10. The van der Waals surface area contributed by atoms with Gasteiger partial charge in [0.05, 0.1) is 0 Å². The highest BCUT2D eigenvalue weighted by molar-refractivity contribution is 5.32. The summed E-state index contributed by atoms with van der Waals surface area (Å²) < 4.78 is 26.7. The van der Waals surface area contributed by atoms with Gasteiger partial charge < -0.3 is 0 Å². The van der Waals surface area contributed by atoms with Gasteiger partial charge in [-0.15, -0.1) is 0 Å². The fourth-order valence-corrected chi connectivity index (χ4v) is 1.24. The van der Waals surface area contributed by atoms with Crippen molar-refractivity contribution in [1.82, 2.24) is 14.8 Å². The standard InChI is InChI=1S/C9H7F2N3O/c1-5-12-9(15)14(13-5)8-3-2-6(10)4-7(8)11/h2-4H,1H3,(H,12,13,15). The second kappa shape index (κ2) is 3.30. The van der Waals surface area contributed by atoms with Crippen molar-refractivity contribution in [3.05, 3.63) is 46.1 Å². The van der Waals surface area contributed by atoms with Gasteiger partial charge in [0.15, 0.2) is 5.82 Å². The molecule has 6 heteroatoms. The lowest BCUT2D eigenvalue weighted by Crippen LogP contribution is -2.17. The molecule has 4 nitrogen and oxygen atoms in total. The molecule has 0 fully saturated rings. The van der Waals surface area contributed by atoms with Gasteiger partial charge in [0.2, 0.25) is 0 Å². The van der Waals surface area contributed by atoms with Crippen molar-refractivity contribution >= 4 is 0 Å². The van der Waals surface area contributed by atoms with Crippen LogP contribution in [-0.4, -0.2) is 14.8 Å². The third kappa shape index (κ3) is 1.65. The minimum atomic E-state index is -0.830. The van der Waals surface area contributed by atoms with E-state index in [4.69, 9.17) is 0 Å². The number of hydrogen-bond acceptors (Lipinski definition) is 2. The van der Waals surface area contributed by atoms with Crippen molar-refractivity contribution in [3.8, 4) is 5.69 Å². The Hall–Kier alpha value is -1.98. The number of rotatable bonds is 1. The molecule has 2 aromatic rings. The molecular formula is C9H7F2N3O. The molecule has 0 saturated carbocycles. The summed E-state index contributed by atoms with van der Waals surface area (Å²) in [7, 11) is 0. The smallest absolute Gasteiger partial charge is 0.293 e. The van der Waals surface area contributed by atoms with Crippen LogP contribution in [0.2, 0.25) is 0 Å². The van der Waals surface area contributed by atoms with Crippen LogP contribution < -0.4 is 5.69 Å². The number of aryl methyl sites for hydroxylation is 1. The third-order valence-corrected chi connectivity index (χ3v) is 1.87. The topological polar surface area (TPSA) is 50.7 Å². The molecule has 2 rings (SSSR count). The molecule has 0 bridgehead atoms. The summed E-state index contributed by atoms with van der Waals surface area (Å²) in [6, 6.07) is 2.92. The first-order valence-corrected chi connectivity index (χ1v) is 4.19. The second-order valence-corrected chi connectivity index (χ2v) is 3.02. The molecule has 1 aromatic heterocycles. The predicted octanol–water partition coefficient (Wildman–Crippen LogP) is 1.15. The normalized spacial score (nSPS) is 10.6. The van der Waals surface area contributed by atoms with E-state index in [0.29, 0.717) is 11.9 Å². The van der Waals surface area contributed by atoms with Crippen LogP contribution in [0.5, 0.6) is 0 Å². The number of halogens is 2. The molecule has 0 aliphatic carbocycles. The molecule has 0 atom stereocenters. The van der Waals surface area contributed by atoms with Crippen LogP contribution in [0, 0.1) is 18.6 Å². The van der Waals surface area contributed by atoms with Gasteiger partial charge in [-0.3, -0.25) is 4.98 Å². The summed E-state index contributed by atoms with van der Waals surface area (Å²) in [5.41, 5.74) is -0.635. The monoisotopic (exact) mass is 211 g/mol. The maximum Gasteiger partial charge on any atom is 0.348 e. The number of aromatic nitrogens is 3. The van der Waals surface area contributed by atoms with Crippen LogP contribution in [0.3, 0.4) is 0 Å². The molecule has 0 amide bonds. The van der Waals surface area contributed by atoms with Crippen LogP contribution in [0.15, 0.2) is 23.0 Å². The maximum atomic E-state index is 13.3. The highest BCUT2D eigenvalue weighted by atomic mass is 19.1. The lowest BCUT2D eigenvalue weighted by Gasteiger charge is -2.00. The Balaban J connectivity index is 2.64. The molecule has 0 aliphatic heterocycles. The number of nitrogens with one attached hydrogen (secondary N) is 1. The molecule has 0 saturated heterocycles. The molecule has 1 aromatic carbocycles. The molecular weight excluding hydrogens is 204 g/mol. The Labute approximate surface area is 83.2 Å². The molecule has 0 spiro atoms. The van der Waals surface area contributed by atoms with Crippen LogP contribution in [0.25, 0.3) is 5.69 Å². The van der Waals surface area contributed by atoms with Gasteiger partial charge in [0.1, 0.15) is 17.3 Å². The lowest BCUT2D eigenvalue weighted by molar-refractivity contribution is 0.572. The maximum absolute atomic E-state index is 13.3. The zero-order chi connectivity index (χ0) is 11.0. The average Bonchev–Trinajstić information content (AvgIpc) is 2.45. The van der Waals surface area contributed by atoms with Gasteiger partial charge in [0, 0.05) is 6.07 Å². The Morgan fingerprint density at radius 2 is 2.13 bits per heavy atom. The Bertz CT molecular complexity index is 559. The van der Waals surface area contributed by atoms with Gasteiger partial charge in [-0.2, -0.15) is 9.78 Å². The van der Waals surface area contributed by atoms with E-state index in [9.17, 15) is 13.6 Å². The zero-order valence-electron chi connectivity index (χ0n) is 7.79. The summed E-state index contributed by atoms with van der Waals surface area (Å²) >= 11 is 0. The first-order valence-electron chi connectivity index (χ1n) is 4.19. The fourth-order valence-electron chi connectivity index (χ4n) is 1.24. The number of H-pyrrole nitrogens is 1. The van der Waals surface area contributed by atoms with Gasteiger partial charge in [-0.25, -0.2) is 13.6 Å². The zero-order valence-corrected chi connectivity index (χ0v) is 7.79. The van der Waals surface area contributed by atoms with Crippen LogP contribution >= 0.6 is 0 Å². The SMILES string of the molecule is Cc1nn(-c2ccc(F)cc2F)c(=O)[nH]1. The second-order valence-electron chi connectivity index (χ2n) is 3.02. The van der Waals surface area contributed by atoms with E-state index in [1.165, 1.54) is 0 Å². The molecule has 78 valence electrons. The van der Waals surface area contributed by atoms with Gasteiger partial charge in [0.25, 0.3) is 0 Å². The molecule has 0 radical (unpaired) electrons. The van der Waals surface area contributed by atoms with Crippen molar-refractivity contribution in [2.75, 3.05) is 0 Å².